The number of rotatable bonds is 6. The van der Waals surface area contributed by atoms with Crippen molar-refractivity contribution in [3.63, 3.8) is 0 Å². The Morgan fingerprint density at radius 1 is 1.12 bits per heavy atom. The molecule has 1 fully saturated rings. The molecule has 0 aromatic heterocycles. The van der Waals surface area contributed by atoms with Crippen LogP contribution in [-0.4, -0.2) is 55.4 Å². The standard InChI is InChI=1S/C18H22F2N2O4/c1-3-26-17(24)18(19,20)15(21-22-11-5-4-6-12-22)13-7-9-14(10-8-13)16(23)25-2/h7-10H,3-6,11-12H2,1-2H3/b21-15-. The van der Waals surface area contributed by atoms with Crippen molar-refractivity contribution < 1.29 is 27.8 Å². The highest BCUT2D eigenvalue weighted by Crippen LogP contribution is 2.25. The second kappa shape index (κ2) is 8.73. The molecule has 1 aliphatic rings. The number of methoxy groups -OCH3 is 1. The highest BCUT2D eigenvalue weighted by molar-refractivity contribution is 6.16. The highest BCUT2D eigenvalue weighted by atomic mass is 19.3. The molecule has 0 aliphatic carbocycles. The maximum Gasteiger partial charge on any atom is 0.386 e. The summed E-state index contributed by atoms with van der Waals surface area (Å²) in [7, 11) is 1.23. The van der Waals surface area contributed by atoms with E-state index in [9.17, 15) is 18.4 Å². The van der Waals surface area contributed by atoms with Gasteiger partial charge in [-0.1, -0.05) is 12.1 Å². The predicted octanol–water partition coefficient (Wildman–Crippen LogP) is 2.86. The molecule has 0 atom stereocenters. The van der Waals surface area contributed by atoms with E-state index in [1.54, 1.807) is 5.01 Å². The van der Waals surface area contributed by atoms with Crippen LogP contribution in [0.2, 0.25) is 0 Å². The van der Waals surface area contributed by atoms with Crippen LogP contribution in [0.4, 0.5) is 8.78 Å². The number of ether oxygens (including phenoxy) is 2. The molecule has 1 heterocycles. The molecule has 142 valence electrons. The number of benzene rings is 1. The number of carbonyl (C=O) groups is 2. The Balaban J connectivity index is 2.41. The molecule has 8 heteroatoms. The van der Waals surface area contributed by atoms with Crippen LogP contribution in [0, 0.1) is 0 Å². The van der Waals surface area contributed by atoms with Crippen molar-refractivity contribution in [3.05, 3.63) is 35.4 Å². The first-order valence-electron chi connectivity index (χ1n) is 8.48. The SMILES string of the molecule is CCOC(=O)C(F)(F)/C(=N\N1CCCCC1)c1ccc(C(=O)OC)cc1. The summed E-state index contributed by atoms with van der Waals surface area (Å²) in [6.07, 6.45) is 2.72. The Labute approximate surface area is 150 Å². The van der Waals surface area contributed by atoms with Crippen molar-refractivity contribution in [3.8, 4) is 0 Å². The van der Waals surface area contributed by atoms with E-state index in [2.05, 4.69) is 14.6 Å². The van der Waals surface area contributed by atoms with Gasteiger partial charge in [-0.15, -0.1) is 0 Å². The first-order chi connectivity index (χ1) is 12.4. The topological polar surface area (TPSA) is 68.2 Å². The lowest BCUT2D eigenvalue weighted by molar-refractivity contribution is -0.162. The third kappa shape index (κ3) is 4.56. The number of esters is 2. The molecule has 0 radical (unpaired) electrons. The maximum absolute atomic E-state index is 14.7. The third-order valence-corrected chi connectivity index (χ3v) is 3.98. The zero-order valence-corrected chi connectivity index (χ0v) is 14.8. The summed E-state index contributed by atoms with van der Waals surface area (Å²) in [5.74, 6) is -6.13. The summed E-state index contributed by atoms with van der Waals surface area (Å²) in [6.45, 7) is 2.39. The molecule has 0 amide bonds. The van der Waals surface area contributed by atoms with Gasteiger partial charge in [-0.3, -0.25) is 5.01 Å². The predicted molar refractivity (Wildman–Crippen MR) is 91.3 cm³/mol. The molecule has 1 aliphatic heterocycles. The number of halogens is 2. The number of hydrogen-bond acceptors (Lipinski definition) is 6. The van der Waals surface area contributed by atoms with Gasteiger partial charge in [0, 0.05) is 18.7 Å². The molecule has 1 aromatic rings. The lowest BCUT2D eigenvalue weighted by atomic mass is 10.0. The summed E-state index contributed by atoms with van der Waals surface area (Å²) < 4.78 is 38.5. The summed E-state index contributed by atoms with van der Waals surface area (Å²) in [6, 6.07) is 5.35. The van der Waals surface area contributed by atoms with E-state index in [-0.39, 0.29) is 17.7 Å². The van der Waals surface area contributed by atoms with E-state index in [4.69, 9.17) is 0 Å². The second-order valence-electron chi connectivity index (χ2n) is 5.83. The van der Waals surface area contributed by atoms with Gasteiger partial charge in [-0.2, -0.15) is 13.9 Å². The third-order valence-electron chi connectivity index (χ3n) is 3.98. The largest absolute Gasteiger partial charge is 0.465 e. The summed E-state index contributed by atoms with van der Waals surface area (Å²) >= 11 is 0. The number of carbonyl (C=O) groups excluding carboxylic acids is 2. The average molecular weight is 368 g/mol. The van der Waals surface area contributed by atoms with E-state index in [1.165, 1.54) is 38.3 Å². The Bertz CT molecular complexity index is 668. The van der Waals surface area contributed by atoms with Crippen LogP contribution >= 0.6 is 0 Å². The molecule has 0 unspecified atom stereocenters. The summed E-state index contributed by atoms with van der Waals surface area (Å²) in [4.78, 5) is 23.3. The molecule has 0 N–H and O–H groups in total. The van der Waals surface area contributed by atoms with Gasteiger partial charge in [-0.25, -0.2) is 9.59 Å². The number of hydrogen-bond donors (Lipinski definition) is 0. The minimum Gasteiger partial charge on any atom is -0.465 e. The molecule has 1 saturated heterocycles. The molecule has 0 saturated carbocycles. The van der Waals surface area contributed by atoms with Gasteiger partial charge in [0.05, 0.1) is 19.3 Å². The minimum atomic E-state index is -3.90. The molecule has 0 spiro atoms. The average Bonchev–Trinajstić information content (AvgIpc) is 2.66. The Kier molecular flexibility index (Phi) is 6.65. The number of nitrogens with zero attached hydrogens (tertiary/aromatic N) is 2. The summed E-state index contributed by atoms with van der Waals surface area (Å²) in [5, 5.41) is 5.60. The van der Waals surface area contributed by atoms with Gasteiger partial charge in [0.15, 0.2) is 0 Å². The van der Waals surface area contributed by atoms with Gasteiger partial charge in [0.25, 0.3) is 0 Å². The molecule has 6 nitrogen and oxygen atoms in total. The molecule has 1 aromatic carbocycles. The lowest BCUT2D eigenvalue weighted by Crippen LogP contribution is -2.42. The zero-order valence-electron chi connectivity index (χ0n) is 14.8. The fraction of sp³-hybridized carbons (Fsp3) is 0.500. The van der Waals surface area contributed by atoms with Crippen LogP contribution in [0.25, 0.3) is 0 Å². The van der Waals surface area contributed by atoms with Crippen LogP contribution in [-0.2, 0) is 14.3 Å². The van der Waals surface area contributed by atoms with Gasteiger partial charge in [-0.05, 0) is 38.3 Å². The van der Waals surface area contributed by atoms with E-state index in [1.807, 2.05) is 0 Å². The Morgan fingerprint density at radius 2 is 1.69 bits per heavy atom. The molecular weight excluding hydrogens is 346 g/mol. The van der Waals surface area contributed by atoms with Gasteiger partial charge < -0.3 is 9.47 Å². The molecule has 0 bridgehead atoms. The number of alkyl halides is 2. The van der Waals surface area contributed by atoms with E-state index >= 15 is 0 Å². The quantitative estimate of drug-likeness (QED) is 0.571. The fourth-order valence-electron chi connectivity index (χ4n) is 2.62. The van der Waals surface area contributed by atoms with Crippen molar-refractivity contribution in [2.24, 2.45) is 5.10 Å². The van der Waals surface area contributed by atoms with Crippen LogP contribution in [0.1, 0.15) is 42.1 Å². The van der Waals surface area contributed by atoms with E-state index in [0.29, 0.717) is 13.1 Å². The van der Waals surface area contributed by atoms with Crippen molar-refractivity contribution >= 4 is 17.7 Å². The summed E-state index contributed by atoms with van der Waals surface area (Å²) in [5.41, 5.74) is -0.427. The van der Waals surface area contributed by atoms with Crippen molar-refractivity contribution in [2.45, 2.75) is 32.1 Å². The zero-order chi connectivity index (χ0) is 19.2. The minimum absolute atomic E-state index is 0.0429. The number of piperidine rings is 1. The van der Waals surface area contributed by atoms with Crippen molar-refractivity contribution in [2.75, 3.05) is 26.8 Å². The van der Waals surface area contributed by atoms with Gasteiger partial charge in [0.2, 0.25) is 0 Å². The smallest absolute Gasteiger partial charge is 0.386 e. The highest BCUT2D eigenvalue weighted by Gasteiger charge is 2.47. The van der Waals surface area contributed by atoms with Gasteiger partial charge in [0.1, 0.15) is 5.71 Å². The molecule has 2 rings (SSSR count). The Morgan fingerprint density at radius 3 is 2.23 bits per heavy atom. The monoisotopic (exact) mass is 368 g/mol. The molecular formula is C18H22F2N2O4. The van der Waals surface area contributed by atoms with Crippen LogP contribution in [0.3, 0.4) is 0 Å². The maximum atomic E-state index is 14.7. The van der Waals surface area contributed by atoms with Gasteiger partial charge >= 0.3 is 17.9 Å². The van der Waals surface area contributed by atoms with Crippen molar-refractivity contribution in [1.82, 2.24) is 5.01 Å². The first kappa shape index (κ1) is 19.8. The lowest BCUT2D eigenvalue weighted by Gasteiger charge is -2.26. The van der Waals surface area contributed by atoms with Crippen LogP contribution in [0.15, 0.2) is 29.4 Å². The molecule has 26 heavy (non-hydrogen) atoms. The number of hydrazone groups is 1. The Hall–Kier alpha value is -2.51. The van der Waals surface area contributed by atoms with Crippen molar-refractivity contribution in [1.29, 1.82) is 0 Å². The van der Waals surface area contributed by atoms with E-state index in [0.717, 1.165) is 19.3 Å². The first-order valence-corrected chi connectivity index (χ1v) is 8.48. The normalized spacial score (nSPS) is 15.5. The van der Waals surface area contributed by atoms with Crippen LogP contribution < -0.4 is 0 Å². The second-order valence-corrected chi connectivity index (χ2v) is 5.83. The van der Waals surface area contributed by atoms with E-state index < -0.39 is 23.6 Å². The fourth-order valence-corrected chi connectivity index (χ4v) is 2.62. The van der Waals surface area contributed by atoms with Crippen LogP contribution in [0.5, 0.6) is 0 Å².